The summed E-state index contributed by atoms with van der Waals surface area (Å²) >= 11 is 0. The first-order valence-electron chi connectivity index (χ1n) is 31.2. The van der Waals surface area contributed by atoms with Gasteiger partial charge >= 0.3 is 0 Å². The van der Waals surface area contributed by atoms with Crippen molar-refractivity contribution in [3.63, 3.8) is 0 Å². The third-order valence-corrected chi connectivity index (χ3v) is 16.6. The van der Waals surface area contributed by atoms with Gasteiger partial charge in [0.1, 0.15) is 28.7 Å². The highest BCUT2D eigenvalue weighted by Crippen LogP contribution is 2.35. The Labute approximate surface area is 560 Å². The predicted molar refractivity (Wildman–Crippen MR) is 378 cm³/mol. The first-order valence-corrected chi connectivity index (χ1v) is 31.2. The summed E-state index contributed by atoms with van der Waals surface area (Å²) in [6.07, 6.45) is 0.329. The second-order valence-electron chi connectivity index (χ2n) is 23.7. The van der Waals surface area contributed by atoms with Crippen LogP contribution in [0.3, 0.4) is 0 Å². The molecular formula is C76H74N14O7. The van der Waals surface area contributed by atoms with Gasteiger partial charge in [0.15, 0.2) is 28.9 Å². The zero-order valence-electron chi connectivity index (χ0n) is 56.9. The third-order valence-electron chi connectivity index (χ3n) is 16.6. The van der Waals surface area contributed by atoms with Crippen molar-refractivity contribution in [3.8, 4) is 79.8 Å². The number of hydrogen-bond donors (Lipinski definition) is 0. The van der Waals surface area contributed by atoms with Crippen molar-refractivity contribution in [2.45, 2.75) is 93.6 Å². The summed E-state index contributed by atoms with van der Waals surface area (Å²) in [7, 11) is 6.58. The van der Waals surface area contributed by atoms with Crippen LogP contribution in [-0.4, -0.2) is 86.8 Å². The number of methoxy groups -OCH3 is 4. The fourth-order valence-corrected chi connectivity index (χ4v) is 11.2. The Morgan fingerprint density at radius 1 is 0.536 bits per heavy atom. The van der Waals surface area contributed by atoms with Crippen molar-refractivity contribution in [1.82, 2.24) is 58.4 Å². The molecule has 13 aromatic rings. The highest BCUT2D eigenvalue weighted by atomic mass is 16.5. The molecule has 8 heterocycles. The SMILES string of the molecule is C=c1c(-c2ccc(OC)cc2)c(-c2ccc(OC)cc2)n2nc(-c3ccc(OC)cc3)nc12.C=c1c(C(C)C)nn2c(=O)c(C)c(C(C)C)nc12.C=c1c(C)nn2c(=O)c(C)c(-c3ccc(OC)cc3)nc12.[C-]#[N+]c1c(C#N)c(=C)c2nc(C(CC)Oc3ccc(C)cc3C)nn12. The Morgan fingerprint density at radius 2 is 1.04 bits per heavy atom. The first kappa shape index (κ1) is 67.8. The van der Waals surface area contributed by atoms with E-state index < -0.39 is 0 Å². The number of nitrogens with zero attached hydrogens (tertiary/aromatic N) is 14. The zero-order chi connectivity index (χ0) is 69.8. The Kier molecular flexibility index (Phi) is 19.7. The summed E-state index contributed by atoms with van der Waals surface area (Å²) in [5.41, 5.74) is 14.4. The second-order valence-corrected chi connectivity index (χ2v) is 23.7. The maximum Gasteiger partial charge on any atom is 0.278 e. The molecule has 21 nitrogen and oxygen atoms in total. The molecule has 13 rings (SSSR count). The van der Waals surface area contributed by atoms with Gasteiger partial charge in [0.05, 0.1) is 68.5 Å². The smallest absolute Gasteiger partial charge is 0.278 e. The fourth-order valence-electron chi connectivity index (χ4n) is 11.2. The predicted octanol–water partition coefficient (Wildman–Crippen LogP) is 11.6. The molecule has 0 aliphatic rings. The molecule has 5 aromatic carbocycles. The number of aromatic nitrogens is 12. The summed E-state index contributed by atoms with van der Waals surface area (Å²) in [5.74, 6) is 5.64. The molecule has 0 saturated carbocycles. The lowest BCUT2D eigenvalue weighted by Crippen LogP contribution is -2.22. The molecule has 0 saturated heterocycles. The van der Waals surface area contributed by atoms with Gasteiger partial charge in [-0.1, -0.05) is 102 Å². The summed E-state index contributed by atoms with van der Waals surface area (Å²) in [6.45, 7) is 43.1. The molecule has 1 unspecified atom stereocenters. The molecule has 0 bridgehead atoms. The van der Waals surface area contributed by atoms with Gasteiger partial charge in [-0.3, -0.25) is 9.59 Å². The van der Waals surface area contributed by atoms with E-state index in [0.29, 0.717) is 68.0 Å². The van der Waals surface area contributed by atoms with Crippen molar-refractivity contribution in [3.05, 3.63) is 219 Å². The van der Waals surface area contributed by atoms with Gasteiger partial charge in [0.2, 0.25) is 11.5 Å². The Balaban J connectivity index is 0.000000144. The second kappa shape index (κ2) is 28.2. The van der Waals surface area contributed by atoms with E-state index in [1.165, 1.54) is 19.1 Å². The van der Waals surface area contributed by atoms with Crippen LogP contribution in [0.5, 0.6) is 28.7 Å². The van der Waals surface area contributed by atoms with Gasteiger partial charge in [0.25, 0.3) is 16.9 Å². The average Bonchev–Trinajstić information content (AvgIpc) is 1.62. The maximum atomic E-state index is 12.4. The van der Waals surface area contributed by atoms with Crippen LogP contribution in [0.1, 0.15) is 110 Å². The molecule has 0 spiro atoms. The van der Waals surface area contributed by atoms with E-state index in [4.69, 9.17) is 40.3 Å². The largest absolute Gasteiger partial charge is 0.497 e. The molecule has 1 atom stereocenters. The summed E-state index contributed by atoms with van der Waals surface area (Å²) in [6, 6.07) is 39.0. The zero-order valence-corrected chi connectivity index (χ0v) is 56.9. The molecule has 0 radical (unpaired) electrons. The molecule has 0 N–H and O–H groups in total. The van der Waals surface area contributed by atoms with Crippen molar-refractivity contribution in [2.75, 3.05) is 28.4 Å². The van der Waals surface area contributed by atoms with Gasteiger partial charge in [-0.25, -0.2) is 19.5 Å². The van der Waals surface area contributed by atoms with E-state index in [-0.39, 0.29) is 40.4 Å². The number of hydrogen-bond acceptors (Lipinski definition) is 16. The molecule has 0 amide bonds. The van der Waals surface area contributed by atoms with Crippen LogP contribution in [-0.2, 0) is 0 Å². The average molecular weight is 1300 g/mol. The molecule has 97 heavy (non-hydrogen) atoms. The van der Waals surface area contributed by atoms with Crippen molar-refractivity contribution >= 4 is 54.7 Å². The number of benzene rings is 5. The molecule has 490 valence electrons. The lowest BCUT2D eigenvalue weighted by atomic mass is 10.00. The summed E-state index contributed by atoms with van der Waals surface area (Å²) in [4.78, 5) is 46.6. The lowest BCUT2D eigenvalue weighted by molar-refractivity contribution is 0.190. The van der Waals surface area contributed by atoms with E-state index in [1.54, 1.807) is 35.4 Å². The van der Waals surface area contributed by atoms with E-state index in [9.17, 15) is 14.9 Å². The Morgan fingerprint density at radius 3 is 1.57 bits per heavy atom. The van der Waals surface area contributed by atoms with Crippen molar-refractivity contribution in [2.24, 2.45) is 0 Å². The van der Waals surface area contributed by atoms with Crippen LogP contribution in [0, 0.1) is 52.5 Å². The summed E-state index contributed by atoms with van der Waals surface area (Å²) in [5, 5.41) is 29.7. The molecule has 0 aliphatic heterocycles. The lowest BCUT2D eigenvalue weighted by Gasteiger charge is -2.16. The fraction of sp³-hybridized carbons (Fsp3) is 0.237. The number of fused-ring (bicyclic) bond motifs is 4. The minimum Gasteiger partial charge on any atom is -0.497 e. The number of rotatable bonds is 14. The normalized spacial score (nSPS) is 11.4. The minimum absolute atomic E-state index is 0.0829. The van der Waals surface area contributed by atoms with Gasteiger partial charge in [-0.05, 0) is 155 Å². The minimum atomic E-state index is -0.343. The molecule has 8 aromatic heterocycles. The highest BCUT2D eigenvalue weighted by Gasteiger charge is 2.26. The molecule has 21 heteroatoms. The summed E-state index contributed by atoms with van der Waals surface area (Å²) < 4.78 is 33.2. The number of nitriles is 1. The quantitative estimate of drug-likeness (QED) is 0.0922. The first-order chi connectivity index (χ1) is 46.5. The maximum absolute atomic E-state index is 12.4. The Hall–Kier alpha value is -12.1. The van der Waals surface area contributed by atoms with E-state index in [2.05, 4.69) is 67.5 Å². The van der Waals surface area contributed by atoms with Crippen molar-refractivity contribution < 1.29 is 23.7 Å². The van der Waals surface area contributed by atoms with Gasteiger partial charge < -0.3 is 28.5 Å². The van der Waals surface area contributed by atoms with Crippen LogP contribution in [0.15, 0.2) is 125 Å². The molecule has 0 aliphatic carbocycles. The van der Waals surface area contributed by atoms with Crippen LogP contribution in [0.4, 0.5) is 5.82 Å². The van der Waals surface area contributed by atoms with Crippen LogP contribution >= 0.6 is 0 Å². The van der Waals surface area contributed by atoms with Gasteiger partial charge in [-0.2, -0.15) is 29.5 Å². The van der Waals surface area contributed by atoms with E-state index in [0.717, 1.165) is 95.3 Å². The van der Waals surface area contributed by atoms with E-state index in [1.807, 2.05) is 182 Å². The van der Waals surface area contributed by atoms with Crippen LogP contribution in [0.25, 0.3) is 98.8 Å². The molecule has 0 fully saturated rings. The monoisotopic (exact) mass is 1290 g/mol. The van der Waals surface area contributed by atoms with Gasteiger partial charge in [-0.15, -0.1) is 9.61 Å². The number of aryl methyl sites for hydroxylation is 3. The molecular weight excluding hydrogens is 1220 g/mol. The van der Waals surface area contributed by atoms with Crippen molar-refractivity contribution in [1.29, 1.82) is 5.26 Å². The number of ether oxygens (including phenoxy) is 5. The van der Waals surface area contributed by atoms with E-state index >= 15 is 0 Å². The Bertz CT molecular complexity index is 5520. The standard InChI is InChI=1S/C27H23N3O3.C19H17N5O.C16H15N3O2.C14H19N3O/c1-17-24(18-5-11-21(31-2)12-6-18)25(19-7-13-22(32-3)14-8-19)30-27(17)28-26(29-30)20-9-15-23(33-4)16-10-20;1-6-15(25-16-8-7-11(2)9-12(16)3)17-22-18-13(4)14(10-20)19(21-5)24(18)23-17;1-9-11(3)18-19-15(9)17-14(10(2)16(19)20)12-5-7-13(21-4)8-6-12;1-7(2)11-10(6)14(18)17-13(15-11)9(5)12(16-17)8(3)4/h5-16H,1H2,2-4H3;7-9,15H,4,6H2,1-3H3;5-8H,1H2,2-4H3;7-8H,5H2,1-4,6H3. The highest BCUT2D eigenvalue weighted by molar-refractivity contribution is 5.87. The van der Waals surface area contributed by atoms with Gasteiger partial charge in [0, 0.05) is 54.3 Å². The third kappa shape index (κ3) is 13.1. The topological polar surface area (TPSA) is 229 Å². The van der Waals surface area contributed by atoms with Crippen LogP contribution < -0.4 is 55.7 Å². The van der Waals surface area contributed by atoms with Crippen LogP contribution in [0.2, 0.25) is 0 Å².